The van der Waals surface area contributed by atoms with Gasteiger partial charge in [-0.05, 0) is 18.6 Å². The molecule has 5 heteroatoms. The monoisotopic (exact) mass is 354 g/mol. The van der Waals surface area contributed by atoms with Crippen LogP contribution in [-0.2, 0) is 19.1 Å². The molecule has 2 rings (SSSR count). The Balaban J connectivity index is 1.97. The van der Waals surface area contributed by atoms with Crippen LogP contribution in [0.4, 0.5) is 0 Å². The number of benzene rings is 2. The molecule has 1 atom stereocenters. The van der Waals surface area contributed by atoms with E-state index in [2.05, 4.69) is 0 Å². The van der Waals surface area contributed by atoms with Gasteiger partial charge < -0.3 is 9.47 Å². The third kappa shape index (κ3) is 5.55. The second-order valence-corrected chi connectivity index (χ2v) is 5.90. The summed E-state index contributed by atoms with van der Waals surface area (Å²) in [6.07, 6.45) is 0.449. The van der Waals surface area contributed by atoms with Crippen molar-refractivity contribution in [3.63, 3.8) is 0 Å². The first-order valence-corrected chi connectivity index (χ1v) is 8.48. The summed E-state index contributed by atoms with van der Waals surface area (Å²) in [5.74, 6) is -1.32. The Bertz CT molecular complexity index is 767. The molecule has 0 aliphatic carbocycles. The average molecular weight is 354 g/mol. The van der Waals surface area contributed by atoms with Gasteiger partial charge in [0.25, 0.3) is 0 Å². The molecule has 0 aliphatic heterocycles. The molecule has 0 aromatic heterocycles. The number of rotatable bonds is 8. The number of carbonyl (C=O) groups excluding carboxylic acids is 3. The van der Waals surface area contributed by atoms with Crippen molar-refractivity contribution in [1.29, 1.82) is 0 Å². The number of esters is 2. The molecular formula is C21H22O5. The lowest BCUT2D eigenvalue weighted by Crippen LogP contribution is -2.15. The van der Waals surface area contributed by atoms with Crippen molar-refractivity contribution < 1.29 is 23.9 Å². The summed E-state index contributed by atoms with van der Waals surface area (Å²) < 4.78 is 10.00. The fourth-order valence-corrected chi connectivity index (χ4v) is 2.41. The molecule has 0 heterocycles. The predicted molar refractivity (Wildman–Crippen MR) is 96.9 cm³/mol. The van der Waals surface area contributed by atoms with Crippen LogP contribution in [0.25, 0.3) is 0 Å². The molecule has 0 radical (unpaired) electrons. The van der Waals surface area contributed by atoms with Crippen LogP contribution >= 0.6 is 0 Å². The zero-order valence-corrected chi connectivity index (χ0v) is 14.9. The molecule has 0 spiro atoms. The van der Waals surface area contributed by atoms with Crippen molar-refractivity contribution in [2.45, 2.75) is 26.2 Å². The summed E-state index contributed by atoms with van der Waals surface area (Å²) in [4.78, 5) is 35.4. The molecule has 0 saturated carbocycles. The highest BCUT2D eigenvalue weighted by Crippen LogP contribution is 2.20. The lowest BCUT2D eigenvalue weighted by molar-refractivity contribution is -0.146. The van der Waals surface area contributed by atoms with Crippen LogP contribution in [-0.4, -0.2) is 30.9 Å². The molecule has 0 amide bonds. The van der Waals surface area contributed by atoms with Gasteiger partial charge in [0.1, 0.15) is 0 Å². The molecule has 2 aromatic carbocycles. The first kappa shape index (κ1) is 19.4. The Labute approximate surface area is 152 Å². The zero-order chi connectivity index (χ0) is 18.9. The molecule has 0 N–H and O–H groups in total. The molecule has 136 valence electrons. The number of ketones is 1. The minimum atomic E-state index is -0.493. The van der Waals surface area contributed by atoms with E-state index in [1.807, 2.05) is 18.2 Å². The molecule has 26 heavy (non-hydrogen) atoms. The van der Waals surface area contributed by atoms with E-state index < -0.39 is 5.92 Å². The Hall–Kier alpha value is -2.95. The van der Waals surface area contributed by atoms with Crippen molar-refractivity contribution in [2.24, 2.45) is 0 Å². The number of hydrogen-bond acceptors (Lipinski definition) is 5. The van der Waals surface area contributed by atoms with Crippen molar-refractivity contribution in [3.8, 4) is 0 Å². The second kappa shape index (κ2) is 9.51. The molecule has 0 bridgehead atoms. The lowest BCUT2D eigenvalue weighted by atomic mass is 9.96. The highest BCUT2D eigenvalue weighted by atomic mass is 16.5. The Morgan fingerprint density at radius 2 is 1.54 bits per heavy atom. The smallest absolute Gasteiger partial charge is 0.313 e. The standard InChI is InChI=1S/C21H22O5/c1-15(21(24)26-13-7-12-25-16(2)22)18-10-6-11-19(14-18)20(23)17-8-4-3-5-9-17/h3-6,8-11,14-15H,7,12-13H2,1-2H3. The predicted octanol–water partition coefficient (Wildman–Crippen LogP) is 3.52. The summed E-state index contributed by atoms with van der Waals surface area (Å²) in [7, 11) is 0. The van der Waals surface area contributed by atoms with Gasteiger partial charge in [-0.15, -0.1) is 0 Å². The van der Waals surface area contributed by atoms with Gasteiger partial charge in [0.2, 0.25) is 0 Å². The van der Waals surface area contributed by atoms with Crippen LogP contribution in [0.2, 0.25) is 0 Å². The number of carbonyl (C=O) groups is 3. The van der Waals surface area contributed by atoms with Crippen molar-refractivity contribution >= 4 is 17.7 Å². The Morgan fingerprint density at radius 3 is 2.23 bits per heavy atom. The molecule has 0 aliphatic rings. The molecular weight excluding hydrogens is 332 g/mol. The molecule has 5 nitrogen and oxygen atoms in total. The number of ether oxygens (including phenoxy) is 2. The van der Waals surface area contributed by atoms with Crippen molar-refractivity contribution in [3.05, 3.63) is 71.3 Å². The van der Waals surface area contributed by atoms with Gasteiger partial charge in [0.05, 0.1) is 19.1 Å². The quantitative estimate of drug-likeness (QED) is 0.412. The average Bonchev–Trinajstić information content (AvgIpc) is 2.67. The van der Waals surface area contributed by atoms with Crippen molar-refractivity contribution in [1.82, 2.24) is 0 Å². The first-order valence-electron chi connectivity index (χ1n) is 8.48. The van der Waals surface area contributed by atoms with Crippen LogP contribution in [0.5, 0.6) is 0 Å². The minimum absolute atomic E-state index is 0.0885. The third-order valence-corrected chi connectivity index (χ3v) is 3.88. The fourth-order valence-electron chi connectivity index (χ4n) is 2.41. The van der Waals surface area contributed by atoms with Crippen LogP contribution in [0, 0.1) is 0 Å². The van der Waals surface area contributed by atoms with Crippen LogP contribution < -0.4 is 0 Å². The molecule has 2 aromatic rings. The van der Waals surface area contributed by atoms with Gasteiger partial charge >= 0.3 is 11.9 Å². The molecule has 1 unspecified atom stereocenters. The lowest BCUT2D eigenvalue weighted by Gasteiger charge is -2.13. The zero-order valence-electron chi connectivity index (χ0n) is 14.9. The van der Waals surface area contributed by atoms with Gasteiger partial charge in [0, 0.05) is 24.5 Å². The second-order valence-electron chi connectivity index (χ2n) is 5.90. The van der Waals surface area contributed by atoms with E-state index in [-0.39, 0.29) is 30.9 Å². The van der Waals surface area contributed by atoms with E-state index in [9.17, 15) is 14.4 Å². The van der Waals surface area contributed by atoms with Crippen LogP contribution in [0.15, 0.2) is 54.6 Å². The summed E-state index contributed by atoms with van der Waals surface area (Å²) in [6, 6.07) is 16.0. The third-order valence-electron chi connectivity index (χ3n) is 3.88. The first-order chi connectivity index (χ1) is 12.5. The normalized spacial score (nSPS) is 11.5. The maximum Gasteiger partial charge on any atom is 0.313 e. The SMILES string of the molecule is CC(=O)OCCCOC(=O)C(C)c1cccc(C(=O)c2ccccc2)c1. The largest absolute Gasteiger partial charge is 0.466 e. The highest BCUT2D eigenvalue weighted by Gasteiger charge is 2.18. The van der Waals surface area contributed by atoms with E-state index in [1.165, 1.54) is 6.92 Å². The van der Waals surface area contributed by atoms with Gasteiger partial charge in [0.15, 0.2) is 5.78 Å². The fraction of sp³-hybridized carbons (Fsp3) is 0.286. The van der Waals surface area contributed by atoms with Gasteiger partial charge in [-0.3, -0.25) is 14.4 Å². The van der Waals surface area contributed by atoms with E-state index in [4.69, 9.17) is 9.47 Å². The van der Waals surface area contributed by atoms with Crippen LogP contribution in [0.3, 0.4) is 0 Å². The Morgan fingerprint density at radius 1 is 0.885 bits per heavy atom. The van der Waals surface area contributed by atoms with Gasteiger partial charge in [-0.1, -0.05) is 48.5 Å². The van der Waals surface area contributed by atoms with Crippen LogP contribution in [0.1, 0.15) is 47.7 Å². The molecule has 0 saturated heterocycles. The maximum atomic E-state index is 12.5. The van der Waals surface area contributed by atoms with Crippen molar-refractivity contribution in [2.75, 3.05) is 13.2 Å². The maximum absolute atomic E-state index is 12.5. The van der Waals surface area contributed by atoms with E-state index in [0.29, 0.717) is 17.5 Å². The minimum Gasteiger partial charge on any atom is -0.466 e. The van der Waals surface area contributed by atoms with E-state index in [1.54, 1.807) is 43.3 Å². The van der Waals surface area contributed by atoms with E-state index >= 15 is 0 Å². The van der Waals surface area contributed by atoms with Gasteiger partial charge in [-0.25, -0.2) is 0 Å². The Kier molecular flexibility index (Phi) is 7.09. The summed E-state index contributed by atoms with van der Waals surface area (Å²) in [5, 5.41) is 0. The summed E-state index contributed by atoms with van der Waals surface area (Å²) in [6.45, 7) is 3.47. The van der Waals surface area contributed by atoms with E-state index in [0.717, 1.165) is 5.56 Å². The topological polar surface area (TPSA) is 69.7 Å². The number of hydrogen-bond donors (Lipinski definition) is 0. The highest BCUT2D eigenvalue weighted by molar-refractivity contribution is 6.09. The summed E-state index contributed by atoms with van der Waals surface area (Å²) in [5.41, 5.74) is 1.85. The summed E-state index contributed by atoms with van der Waals surface area (Å²) >= 11 is 0. The molecule has 0 fully saturated rings. The van der Waals surface area contributed by atoms with Gasteiger partial charge in [-0.2, -0.15) is 0 Å².